The Morgan fingerprint density at radius 1 is 1.47 bits per heavy atom. The van der Waals surface area contributed by atoms with Crippen LogP contribution in [0.5, 0.6) is 0 Å². The molecule has 0 radical (unpaired) electrons. The number of nitrogens with zero attached hydrogens (tertiary/aromatic N) is 1. The number of hydrogen-bond donors (Lipinski definition) is 2. The van der Waals surface area contributed by atoms with Gasteiger partial charge in [-0.1, -0.05) is 0 Å². The zero-order chi connectivity index (χ0) is 11.2. The van der Waals surface area contributed by atoms with Gasteiger partial charge >= 0.3 is 0 Å². The van der Waals surface area contributed by atoms with Crippen molar-refractivity contribution >= 4 is 36.9 Å². The monoisotopic (exact) mass is 293 g/mol. The summed E-state index contributed by atoms with van der Waals surface area (Å²) >= 11 is 2.95. The highest BCUT2D eigenvalue weighted by atomic mass is 79.9. The minimum Gasteiger partial charge on any atom is -0.265 e. The fraction of sp³-hybridized carbons (Fsp3) is 0. The van der Waals surface area contributed by atoms with Crippen molar-refractivity contribution in [2.45, 2.75) is 5.03 Å². The smallest absolute Gasteiger partial charge is 0.255 e. The van der Waals surface area contributed by atoms with Gasteiger partial charge < -0.3 is 0 Å². The van der Waals surface area contributed by atoms with E-state index in [0.717, 1.165) is 6.07 Å². The first-order valence-electron chi connectivity index (χ1n) is 3.75. The van der Waals surface area contributed by atoms with Crippen LogP contribution in [0.3, 0.4) is 0 Å². The minimum atomic E-state index is -3.88. The maximum Gasteiger partial charge on any atom is 0.255 e. The van der Waals surface area contributed by atoms with Gasteiger partial charge in [0.1, 0.15) is 5.82 Å². The van der Waals surface area contributed by atoms with Crippen molar-refractivity contribution in [3.63, 3.8) is 0 Å². The van der Waals surface area contributed by atoms with Crippen LogP contribution in [0, 0.1) is 5.82 Å². The third kappa shape index (κ3) is 1.75. The first-order chi connectivity index (χ1) is 6.89. The van der Waals surface area contributed by atoms with E-state index in [-0.39, 0.29) is 20.4 Å². The summed E-state index contributed by atoms with van der Waals surface area (Å²) in [7, 11) is -3.88. The molecule has 5 nitrogen and oxygen atoms in total. The van der Waals surface area contributed by atoms with E-state index in [1.807, 2.05) is 0 Å². The van der Waals surface area contributed by atoms with E-state index in [0.29, 0.717) is 0 Å². The van der Waals surface area contributed by atoms with Crippen LogP contribution in [0.1, 0.15) is 0 Å². The molecule has 1 heterocycles. The Balaban J connectivity index is 2.87. The van der Waals surface area contributed by atoms with Crippen LogP contribution in [-0.4, -0.2) is 18.6 Å². The van der Waals surface area contributed by atoms with Gasteiger partial charge in [-0.05, 0) is 22.0 Å². The number of benzene rings is 1. The first kappa shape index (κ1) is 10.5. The number of rotatable bonds is 1. The zero-order valence-electron chi connectivity index (χ0n) is 7.16. The van der Waals surface area contributed by atoms with Crippen molar-refractivity contribution in [1.82, 2.24) is 10.2 Å². The molecule has 0 aliphatic heterocycles. The van der Waals surface area contributed by atoms with Crippen molar-refractivity contribution in [1.29, 1.82) is 0 Å². The van der Waals surface area contributed by atoms with Crippen LogP contribution in [-0.2, 0) is 10.0 Å². The second-order valence-corrected chi connectivity index (χ2v) is 5.23. The van der Waals surface area contributed by atoms with Gasteiger partial charge in [0.15, 0.2) is 5.03 Å². The van der Waals surface area contributed by atoms with Crippen LogP contribution in [0.25, 0.3) is 10.9 Å². The van der Waals surface area contributed by atoms with Crippen molar-refractivity contribution in [2.24, 2.45) is 5.14 Å². The second-order valence-electron chi connectivity index (χ2n) is 2.88. The van der Waals surface area contributed by atoms with Crippen LogP contribution >= 0.6 is 15.9 Å². The van der Waals surface area contributed by atoms with Crippen LogP contribution in [0.15, 0.2) is 21.6 Å². The summed E-state index contributed by atoms with van der Waals surface area (Å²) < 4.78 is 35.4. The van der Waals surface area contributed by atoms with E-state index in [1.54, 1.807) is 0 Å². The summed E-state index contributed by atoms with van der Waals surface area (Å²) in [5, 5.41) is 10.9. The molecule has 80 valence electrons. The van der Waals surface area contributed by atoms with E-state index in [9.17, 15) is 12.8 Å². The van der Waals surface area contributed by atoms with Gasteiger partial charge in [0.2, 0.25) is 0 Å². The average molecular weight is 294 g/mol. The number of nitrogens with one attached hydrogen (secondary N) is 1. The molecule has 0 unspecified atom stereocenters. The zero-order valence-corrected chi connectivity index (χ0v) is 9.56. The van der Waals surface area contributed by atoms with Gasteiger partial charge in [-0.3, -0.25) is 5.10 Å². The lowest BCUT2D eigenvalue weighted by atomic mass is 10.2. The molecule has 8 heteroatoms. The van der Waals surface area contributed by atoms with Gasteiger partial charge in [0, 0.05) is 11.5 Å². The maximum absolute atomic E-state index is 13.1. The van der Waals surface area contributed by atoms with Crippen molar-refractivity contribution in [3.05, 3.63) is 22.4 Å². The molecule has 1 aromatic heterocycles. The summed E-state index contributed by atoms with van der Waals surface area (Å²) in [6.07, 6.45) is 0. The first-order valence-corrected chi connectivity index (χ1v) is 6.09. The molecule has 0 aliphatic rings. The highest BCUT2D eigenvalue weighted by Crippen LogP contribution is 2.25. The lowest BCUT2D eigenvalue weighted by Crippen LogP contribution is -2.12. The van der Waals surface area contributed by atoms with Crippen LogP contribution < -0.4 is 5.14 Å². The van der Waals surface area contributed by atoms with Crippen molar-refractivity contribution < 1.29 is 12.8 Å². The number of aromatic nitrogens is 2. The normalized spacial score (nSPS) is 12.2. The standard InChI is InChI=1S/C7H5BrFN3O2S/c8-4-1-3-6(2-5(4)9)11-12-7(3)15(10,13)14/h1-2H,(H,11,12)(H2,10,13,14). The number of halogens is 2. The molecule has 0 spiro atoms. The number of fused-ring (bicyclic) bond motifs is 1. The predicted molar refractivity (Wildman–Crippen MR) is 55.1 cm³/mol. The predicted octanol–water partition coefficient (Wildman–Crippen LogP) is 1.11. The third-order valence-electron chi connectivity index (χ3n) is 1.85. The Labute approximate surface area is 92.6 Å². The van der Waals surface area contributed by atoms with Crippen molar-refractivity contribution in [2.75, 3.05) is 0 Å². The van der Waals surface area contributed by atoms with Gasteiger partial charge in [0.05, 0.1) is 9.99 Å². The summed E-state index contributed by atoms with van der Waals surface area (Å²) in [5.41, 5.74) is 0.208. The Kier molecular flexibility index (Phi) is 2.28. The number of sulfonamides is 1. The highest BCUT2D eigenvalue weighted by molar-refractivity contribution is 9.10. The SMILES string of the molecule is NS(=O)(=O)c1[nH]nc2cc(F)c(Br)cc12. The second kappa shape index (κ2) is 3.26. The van der Waals surface area contributed by atoms with Crippen LogP contribution in [0.2, 0.25) is 0 Å². The molecule has 0 bridgehead atoms. The van der Waals surface area contributed by atoms with E-state index >= 15 is 0 Å². The van der Waals surface area contributed by atoms with E-state index in [4.69, 9.17) is 5.14 Å². The fourth-order valence-corrected chi connectivity index (χ4v) is 2.19. The largest absolute Gasteiger partial charge is 0.265 e. The molecular weight excluding hydrogens is 289 g/mol. The van der Waals surface area contributed by atoms with Gasteiger partial charge in [-0.2, -0.15) is 5.10 Å². The van der Waals surface area contributed by atoms with Gasteiger partial charge in [-0.15, -0.1) is 0 Å². The summed E-state index contributed by atoms with van der Waals surface area (Å²) in [4.78, 5) is 0. The number of primary sulfonamides is 1. The Bertz CT molecular complexity index is 637. The number of hydrogen-bond acceptors (Lipinski definition) is 3. The third-order valence-corrected chi connectivity index (χ3v) is 3.33. The number of aromatic amines is 1. The Morgan fingerprint density at radius 3 is 2.73 bits per heavy atom. The highest BCUT2D eigenvalue weighted by Gasteiger charge is 2.17. The lowest BCUT2D eigenvalue weighted by molar-refractivity contribution is 0.594. The van der Waals surface area contributed by atoms with E-state index < -0.39 is 15.8 Å². The molecule has 3 N–H and O–H groups in total. The molecule has 0 saturated heterocycles. The Morgan fingerprint density at radius 2 is 2.13 bits per heavy atom. The van der Waals surface area contributed by atoms with E-state index in [2.05, 4.69) is 26.1 Å². The molecule has 0 amide bonds. The Hall–Kier alpha value is -0.990. The summed E-state index contributed by atoms with van der Waals surface area (Å²) in [6.45, 7) is 0. The van der Waals surface area contributed by atoms with Gasteiger partial charge in [-0.25, -0.2) is 17.9 Å². The molecule has 2 rings (SSSR count). The van der Waals surface area contributed by atoms with Gasteiger partial charge in [0.25, 0.3) is 10.0 Å². The molecule has 0 fully saturated rings. The quantitative estimate of drug-likeness (QED) is 0.825. The summed E-state index contributed by atoms with van der Waals surface area (Å²) in [6, 6.07) is 2.43. The fourth-order valence-electron chi connectivity index (χ4n) is 1.20. The maximum atomic E-state index is 13.1. The van der Waals surface area contributed by atoms with Crippen molar-refractivity contribution in [3.8, 4) is 0 Å². The minimum absolute atomic E-state index is 0.154. The molecular formula is C7H5BrFN3O2S. The van der Waals surface area contributed by atoms with Crippen LogP contribution in [0.4, 0.5) is 4.39 Å². The molecule has 0 saturated carbocycles. The molecule has 1 aromatic carbocycles. The number of nitrogens with two attached hydrogens (primary N) is 1. The summed E-state index contributed by atoms with van der Waals surface area (Å²) in [5.74, 6) is -0.519. The number of H-pyrrole nitrogens is 1. The molecule has 2 aromatic rings. The van der Waals surface area contributed by atoms with E-state index in [1.165, 1.54) is 6.07 Å². The molecule has 0 atom stereocenters. The lowest BCUT2D eigenvalue weighted by Gasteiger charge is -1.96. The topological polar surface area (TPSA) is 88.8 Å². The molecule has 0 aliphatic carbocycles. The average Bonchev–Trinajstić information content (AvgIpc) is 2.47. The molecule has 15 heavy (non-hydrogen) atoms.